The normalized spacial score (nSPS) is 11.4. The molecule has 0 spiro atoms. The Kier molecular flexibility index (Phi) is 5.65. The molecule has 3 aromatic rings. The van der Waals surface area contributed by atoms with Crippen molar-refractivity contribution in [2.75, 3.05) is 7.11 Å². The van der Waals surface area contributed by atoms with Crippen LogP contribution in [0.25, 0.3) is 11.1 Å². The van der Waals surface area contributed by atoms with E-state index in [0.29, 0.717) is 11.3 Å². The van der Waals surface area contributed by atoms with Gasteiger partial charge in [-0.2, -0.15) is 0 Å². The minimum Gasteiger partial charge on any atom is -0.505 e. The largest absolute Gasteiger partial charge is 0.505 e. The van der Waals surface area contributed by atoms with E-state index < -0.39 is 15.6 Å². The molecule has 0 radical (unpaired) electrons. The Morgan fingerprint density at radius 1 is 1.00 bits per heavy atom. The number of hydrogen-bond acceptors (Lipinski definition) is 4. The summed E-state index contributed by atoms with van der Waals surface area (Å²) in [5, 5.41) is 10.2. The average Bonchev–Trinajstić information content (AvgIpc) is 2.65. The highest BCUT2D eigenvalue weighted by atomic mass is 35.5. The van der Waals surface area contributed by atoms with Gasteiger partial charge in [0.15, 0.2) is 15.6 Å². The summed E-state index contributed by atoms with van der Waals surface area (Å²) >= 11 is 11.8. The first-order valence-electron chi connectivity index (χ1n) is 7.95. The predicted molar refractivity (Wildman–Crippen MR) is 107 cm³/mol. The number of hydrogen-bond donors (Lipinski definition) is 1. The number of methoxy groups -OCH3 is 1. The number of sulfone groups is 1. The molecule has 7 heteroatoms. The fourth-order valence-corrected chi connectivity index (χ4v) is 5.00. The summed E-state index contributed by atoms with van der Waals surface area (Å²) in [5.41, 5.74) is 2.07. The molecule has 0 fully saturated rings. The van der Waals surface area contributed by atoms with Gasteiger partial charge < -0.3 is 9.84 Å². The molecule has 27 heavy (non-hydrogen) atoms. The van der Waals surface area contributed by atoms with Crippen molar-refractivity contribution < 1.29 is 18.3 Å². The lowest BCUT2D eigenvalue weighted by Crippen LogP contribution is -2.08. The monoisotopic (exact) mass is 422 g/mol. The van der Waals surface area contributed by atoms with Gasteiger partial charge in [0.25, 0.3) is 0 Å². The maximum absolute atomic E-state index is 13.0. The highest BCUT2D eigenvalue weighted by Gasteiger charge is 2.25. The summed E-state index contributed by atoms with van der Waals surface area (Å²) in [5.74, 6) is -0.462. The van der Waals surface area contributed by atoms with Crippen LogP contribution in [0.15, 0.2) is 65.6 Å². The first-order chi connectivity index (χ1) is 12.8. The smallest absolute Gasteiger partial charge is 0.186 e. The highest BCUT2D eigenvalue weighted by Crippen LogP contribution is 2.38. The molecule has 0 bridgehead atoms. The molecule has 0 atom stereocenters. The second kappa shape index (κ2) is 7.80. The molecule has 4 nitrogen and oxygen atoms in total. The molecule has 140 valence electrons. The van der Waals surface area contributed by atoms with Crippen LogP contribution in [0.4, 0.5) is 0 Å². The second-order valence-corrected chi connectivity index (χ2v) is 8.65. The Morgan fingerprint density at radius 3 is 2.37 bits per heavy atom. The van der Waals surface area contributed by atoms with Crippen LogP contribution in [-0.2, 0) is 15.6 Å². The quantitative estimate of drug-likeness (QED) is 0.601. The summed E-state index contributed by atoms with van der Waals surface area (Å²) < 4.78 is 31.5. The SMILES string of the molecule is COc1cccc(-c2ccccc2)c1CS(=O)(=O)c1cc(Cl)cc(Cl)c1O. The maximum Gasteiger partial charge on any atom is 0.186 e. The Balaban J connectivity index is 2.15. The van der Waals surface area contributed by atoms with Crippen molar-refractivity contribution in [3.05, 3.63) is 76.3 Å². The van der Waals surface area contributed by atoms with Gasteiger partial charge in [-0.25, -0.2) is 8.42 Å². The zero-order chi connectivity index (χ0) is 19.6. The van der Waals surface area contributed by atoms with Gasteiger partial charge in [0.05, 0.1) is 17.9 Å². The molecule has 0 heterocycles. The molecule has 0 aliphatic carbocycles. The summed E-state index contributed by atoms with van der Waals surface area (Å²) in [4.78, 5) is -0.315. The molecule has 0 aromatic heterocycles. The molecule has 0 amide bonds. The van der Waals surface area contributed by atoms with E-state index in [1.54, 1.807) is 12.1 Å². The van der Waals surface area contributed by atoms with Crippen LogP contribution in [0.5, 0.6) is 11.5 Å². The first kappa shape index (κ1) is 19.5. The maximum atomic E-state index is 13.0. The van der Waals surface area contributed by atoms with Crippen molar-refractivity contribution >= 4 is 33.0 Å². The van der Waals surface area contributed by atoms with Crippen LogP contribution in [-0.4, -0.2) is 20.6 Å². The topological polar surface area (TPSA) is 63.6 Å². The van der Waals surface area contributed by atoms with Crippen molar-refractivity contribution in [3.63, 3.8) is 0 Å². The van der Waals surface area contributed by atoms with E-state index in [2.05, 4.69) is 0 Å². The number of rotatable bonds is 5. The van der Waals surface area contributed by atoms with Gasteiger partial charge in [-0.15, -0.1) is 0 Å². The highest BCUT2D eigenvalue weighted by molar-refractivity contribution is 7.90. The minimum absolute atomic E-state index is 0.121. The second-order valence-electron chi connectivity index (χ2n) is 5.85. The van der Waals surface area contributed by atoms with E-state index >= 15 is 0 Å². The summed E-state index contributed by atoms with van der Waals surface area (Å²) in [6, 6.07) is 17.2. The van der Waals surface area contributed by atoms with Crippen molar-refractivity contribution in [1.29, 1.82) is 0 Å². The van der Waals surface area contributed by atoms with Crippen LogP contribution in [0.1, 0.15) is 5.56 Å². The molecule has 0 aliphatic heterocycles. The number of phenols is 1. The number of halogens is 2. The zero-order valence-corrected chi connectivity index (χ0v) is 16.6. The third-order valence-corrected chi connectivity index (χ3v) is 6.26. The Morgan fingerprint density at radius 2 is 1.70 bits per heavy atom. The first-order valence-corrected chi connectivity index (χ1v) is 10.4. The summed E-state index contributed by atoms with van der Waals surface area (Å²) in [7, 11) is -2.47. The fraction of sp³-hybridized carbons (Fsp3) is 0.100. The van der Waals surface area contributed by atoms with Gasteiger partial charge in [-0.1, -0.05) is 65.7 Å². The van der Waals surface area contributed by atoms with Gasteiger partial charge >= 0.3 is 0 Å². The minimum atomic E-state index is -3.95. The molecule has 3 rings (SSSR count). The van der Waals surface area contributed by atoms with E-state index in [1.165, 1.54) is 19.2 Å². The standard InChI is InChI=1S/C20H16Cl2O4S/c1-26-18-9-5-8-15(13-6-3-2-4-7-13)16(18)12-27(24,25)19-11-14(21)10-17(22)20(19)23/h2-11,23H,12H2,1H3. The molecule has 0 saturated carbocycles. The van der Waals surface area contributed by atoms with E-state index in [-0.39, 0.29) is 20.7 Å². The van der Waals surface area contributed by atoms with Gasteiger partial charge in [0.1, 0.15) is 10.6 Å². The van der Waals surface area contributed by atoms with Gasteiger partial charge in [0.2, 0.25) is 0 Å². The van der Waals surface area contributed by atoms with Crippen LogP contribution in [0, 0.1) is 0 Å². The lowest BCUT2D eigenvalue weighted by atomic mass is 10.00. The van der Waals surface area contributed by atoms with E-state index in [4.69, 9.17) is 27.9 Å². The van der Waals surface area contributed by atoms with Crippen molar-refractivity contribution in [2.45, 2.75) is 10.6 Å². The number of aromatic hydroxyl groups is 1. The number of ether oxygens (including phenoxy) is 1. The van der Waals surface area contributed by atoms with Crippen molar-refractivity contribution in [2.24, 2.45) is 0 Å². The number of phenolic OH excluding ortho intramolecular Hbond substituents is 1. The van der Waals surface area contributed by atoms with E-state index in [0.717, 1.165) is 11.1 Å². The van der Waals surface area contributed by atoms with Crippen LogP contribution >= 0.6 is 23.2 Å². The molecule has 3 aromatic carbocycles. The molecule has 0 unspecified atom stereocenters. The van der Waals surface area contributed by atoms with Crippen LogP contribution in [0.2, 0.25) is 10.0 Å². The van der Waals surface area contributed by atoms with Crippen molar-refractivity contribution in [1.82, 2.24) is 0 Å². The summed E-state index contributed by atoms with van der Waals surface area (Å²) in [6.45, 7) is 0. The van der Waals surface area contributed by atoms with Crippen LogP contribution in [0.3, 0.4) is 0 Å². The van der Waals surface area contributed by atoms with Gasteiger partial charge in [-0.3, -0.25) is 0 Å². The molecular weight excluding hydrogens is 407 g/mol. The van der Waals surface area contributed by atoms with E-state index in [1.807, 2.05) is 36.4 Å². The Labute approximate surface area is 167 Å². The zero-order valence-electron chi connectivity index (χ0n) is 14.3. The molecule has 0 aliphatic rings. The number of benzene rings is 3. The van der Waals surface area contributed by atoms with Gasteiger partial charge in [0, 0.05) is 10.6 Å². The Bertz CT molecular complexity index is 1080. The van der Waals surface area contributed by atoms with E-state index in [9.17, 15) is 13.5 Å². The lowest BCUT2D eigenvalue weighted by molar-refractivity contribution is 0.411. The molecular formula is C20H16Cl2O4S. The van der Waals surface area contributed by atoms with Crippen LogP contribution < -0.4 is 4.74 Å². The lowest BCUT2D eigenvalue weighted by Gasteiger charge is -2.15. The third-order valence-electron chi connectivity index (χ3n) is 4.10. The fourth-order valence-electron chi connectivity index (χ4n) is 2.84. The average molecular weight is 423 g/mol. The Hall–Kier alpha value is -2.21. The van der Waals surface area contributed by atoms with Gasteiger partial charge in [-0.05, 0) is 29.3 Å². The predicted octanol–water partition coefficient (Wildman–Crippen LogP) is 5.35. The summed E-state index contributed by atoms with van der Waals surface area (Å²) in [6.07, 6.45) is 0. The molecule has 1 N–H and O–H groups in total. The molecule has 0 saturated heterocycles. The van der Waals surface area contributed by atoms with Crippen molar-refractivity contribution in [3.8, 4) is 22.6 Å². The third kappa shape index (κ3) is 4.05.